The molecule has 1 aliphatic carbocycles. The highest BCUT2D eigenvalue weighted by Crippen LogP contribution is 2.37. The van der Waals surface area contributed by atoms with Gasteiger partial charge in [0.25, 0.3) is 0 Å². The van der Waals surface area contributed by atoms with Crippen LogP contribution in [-0.4, -0.2) is 72.9 Å². The van der Waals surface area contributed by atoms with Gasteiger partial charge in [0.1, 0.15) is 0 Å². The Balaban J connectivity index is 1.78. The molecule has 0 bridgehead atoms. The fourth-order valence-electron chi connectivity index (χ4n) is 4.08. The summed E-state index contributed by atoms with van der Waals surface area (Å²) in [6, 6.07) is 0. The molecule has 0 spiro atoms. The topological polar surface area (TPSA) is 38.7 Å². The fourth-order valence-corrected chi connectivity index (χ4v) is 4.08. The molecule has 0 aromatic rings. The Hall–Kier alpha value is -0.160. The highest BCUT2D eigenvalue weighted by molar-refractivity contribution is 4.99. The van der Waals surface area contributed by atoms with E-state index in [0.29, 0.717) is 12.5 Å². The third-order valence-corrected chi connectivity index (χ3v) is 5.47. The van der Waals surface area contributed by atoms with E-state index in [4.69, 9.17) is 0 Å². The summed E-state index contributed by atoms with van der Waals surface area (Å²) >= 11 is 0. The van der Waals surface area contributed by atoms with Gasteiger partial charge in [0.05, 0.1) is 6.61 Å². The van der Waals surface area contributed by atoms with Crippen LogP contribution in [-0.2, 0) is 0 Å². The van der Waals surface area contributed by atoms with E-state index in [0.717, 1.165) is 13.0 Å². The van der Waals surface area contributed by atoms with Gasteiger partial charge in [0.15, 0.2) is 0 Å². The molecule has 118 valence electrons. The lowest BCUT2D eigenvalue weighted by molar-refractivity contribution is 0.0971. The Morgan fingerprint density at radius 3 is 2.45 bits per heavy atom. The largest absolute Gasteiger partial charge is 0.394 e. The molecule has 4 nitrogen and oxygen atoms in total. The van der Waals surface area contributed by atoms with Crippen molar-refractivity contribution in [3.63, 3.8) is 0 Å². The van der Waals surface area contributed by atoms with Gasteiger partial charge in [0, 0.05) is 31.7 Å². The first kappa shape index (κ1) is 16.2. The Morgan fingerprint density at radius 1 is 1.15 bits per heavy atom. The van der Waals surface area contributed by atoms with E-state index in [2.05, 4.69) is 29.0 Å². The Bertz CT molecular complexity index is 279. The molecule has 1 aliphatic heterocycles. The standard InChI is InChI=1S/C16H33N3O/c1-3-17-16(14-20)8-5-6-15(16)7-9-19-12-10-18(4-2)11-13-19/h15,17,20H,3-14H2,1-2H3. The summed E-state index contributed by atoms with van der Waals surface area (Å²) in [5.41, 5.74) is 0.0139. The van der Waals surface area contributed by atoms with E-state index < -0.39 is 0 Å². The number of nitrogens with one attached hydrogen (secondary N) is 1. The number of rotatable bonds is 7. The molecular weight excluding hydrogens is 250 g/mol. The predicted molar refractivity (Wildman–Crippen MR) is 84.0 cm³/mol. The van der Waals surface area contributed by atoms with Crippen LogP contribution in [0.15, 0.2) is 0 Å². The van der Waals surface area contributed by atoms with Gasteiger partial charge in [-0.15, -0.1) is 0 Å². The monoisotopic (exact) mass is 283 g/mol. The summed E-state index contributed by atoms with van der Waals surface area (Å²) in [5.74, 6) is 0.650. The zero-order chi connectivity index (χ0) is 14.4. The van der Waals surface area contributed by atoms with Crippen LogP contribution in [0, 0.1) is 5.92 Å². The van der Waals surface area contributed by atoms with E-state index in [-0.39, 0.29) is 5.54 Å². The molecule has 2 fully saturated rings. The van der Waals surface area contributed by atoms with Crippen LogP contribution in [0.2, 0.25) is 0 Å². The third-order valence-electron chi connectivity index (χ3n) is 5.47. The normalized spacial score (nSPS) is 32.9. The second-order valence-electron chi connectivity index (χ2n) is 6.50. The zero-order valence-electron chi connectivity index (χ0n) is 13.4. The molecule has 20 heavy (non-hydrogen) atoms. The highest BCUT2D eigenvalue weighted by Gasteiger charge is 2.41. The van der Waals surface area contributed by atoms with Crippen LogP contribution in [0.25, 0.3) is 0 Å². The molecule has 0 aromatic carbocycles. The summed E-state index contributed by atoms with van der Waals surface area (Å²) in [7, 11) is 0. The van der Waals surface area contributed by atoms with Crippen LogP contribution in [0.3, 0.4) is 0 Å². The van der Waals surface area contributed by atoms with Gasteiger partial charge >= 0.3 is 0 Å². The molecule has 0 radical (unpaired) electrons. The van der Waals surface area contributed by atoms with Crippen molar-refractivity contribution in [1.82, 2.24) is 15.1 Å². The van der Waals surface area contributed by atoms with Gasteiger partial charge in [-0.2, -0.15) is 0 Å². The van der Waals surface area contributed by atoms with Crippen molar-refractivity contribution in [3.8, 4) is 0 Å². The van der Waals surface area contributed by atoms with Crippen molar-refractivity contribution < 1.29 is 5.11 Å². The third kappa shape index (κ3) is 3.73. The first-order valence-electron chi connectivity index (χ1n) is 8.54. The minimum absolute atomic E-state index is 0.0139. The van der Waals surface area contributed by atoms with Crippen LogP contribution >= 0.6 is 0 Å². The average molecular weight is 283 g/mol. The number of hydrogen-bond donors (Lipinski definition) is 2. The van der Waals surface area contributed by atoms with Crippen molar-refractivity contribution in [2.75, 3.05) is 52.4 Å². The van der Waals surface area contributed by atoms with Gasteiger partial charge < -0.3 is 20.2 Å². The van der Waals surface area contributed by atoms with Gasteiger partial charge in [-0.3, -0.25) is 0 Å². The summed E-state index contributed by atoms with van der Waals surface area (Å²) in [6.07, 6.45) is 4.93. The quantitative estimate of drug-likeness (QED) is 0.735. The van der Waals surface area contributed by atoms with Crippen molar-refractivity contribution in [3.05, 3.63) is 0 Å². The minimum atomic E-state index is 0.0139. The average Bonchev–Trinajstić information content (AvgIpc) is 2.89. The van der Waals surface area contributed by atoms with Crippen molar-refractivity contribution in [2.45, 2.75) is 45.1 Å². The van der Waals surface area contributed by atoms with Crippen molar-refractivity contribution in [1.29, 1.82) is 0 Å². The molecule has 0 amide bonds. The Kier molecular flexibility index (Phi) is 6.27. The number of hydrogen-bond acceptors (Lipinski definition) is 4. The van der Waals surface area contributed by atoms with Crippen LogP contribution in [0.1, 0.15) is 39.5 Å². The molecule has 2 unspecified atom stereocenters. The maximum Gasteiger partial charge on any atom is 0.0616 e. The van der Waals surface area contributed by atoms with E-state index in [1.54, 1.807) is 0 Å². The Labute approximate surface area is 124 Å². The molecule has 2 rings (SSSR count). The first-order valence-corrected chi connectivity index (χ1v) is 8.54. The summed E-state index contributed by atoms with van der Waals surface area (Å²) < 4.78 is 0. The summed E-state index contributed by atoms with van der Waals surface area (Å²) in [5, 5.41) is 13.4. The van der Waals surface area contributed by atoms with Gasteiger partial charge in [-0.25, -0.2) is 0 Å². The molecule has 4 heteroatoms. The minimum Gasteiger partial charge on any atom is -0.394 e. The maximum absolute atomic E-state index is 9.84. The molecule has 1 saturated heterocycles. The molecule has 2 aliphatic rings. The van der Waals surface area contributed by atoms with Crippen molar-refractivity contribution >= 4 is 0 Å². The number of likely N-dealkylation sites (N-methyl/N-ethyl adjacent to an activating group) is 2. The maximum atomic E-state index is 9.84. The number of aliphatic hydroxyl groups excluding tert-OH is 1. The van der Waals surface area contributed by atoms with Crippen LogP contribution in [0.4, 0.5) is 0 Å². The van der Waals surface area contributed by atoms with E-state index in [9.17, 15) is 5.11 Å². The fraction of sp³-hybridized carbons (Fsp3) is 1.00. The van der Waals surface area contributed by atoms with Gasteiger partial charge in [-0.05, 0) is 44.8 Å². The van der Waals surface area contributed by atoms with Crippen LogP contribution in [0.5, 0.6) is 0 Å². The lowest BCUT2D eigenvalue weighted by Crippen LogP contribution is -2.52. The second-order valence-corrected chi connectivity index (χ2v) is 6.50. The number of nitrogens with zero attached hydrogens (tertiary/aromatic N) is 2. The van der Waals surface area contributed by atoms with E-state index >= 15 is 0 Å². The molecule has 0 aromatic heterocycles. The molecule has 1 saturated carbocycles. The lowest BCUT2D eigenvalue weighted by atomic mass is 9.85. The molecule has 2 N–H and O–H groups in total. The number of piperazine rings is 1. The predicted octanol–water partition coefficient (Wildman–Crippen LogP) is 1.15. The summed E-state index contributed by atoms with van der Waals surface area (Å²) in [4.78, 5) is 5.14. The lowest BCUT2D eigenvalue weighted by Gasteiger charge is -2.38. The first-order chi connectivity index (χ1) is 9.74. The smallest absolute Gasteiger partial charge is 0.0616 e. The second kappa shape index (κ2) is 7.74. The molecule has 2 atom stereocenters. The van der Waals surface area contributed by atoms with Gasteiger partial charge in [0.2, 0.25) is 0 Å². The number of aliphatic hydroxyl groups is 1. The highest BCUT2D eigenvalue weighted by atomic mass is 16.3. The van der Waals surface area contributed by atoms with Crippen LogP contribution < -0.4 is 5.32 Å². The zero-order valence-corrected chi connectivity index (χ0v) is 13.4. The van der Waals surface area contributed by atoms with Crippen molar-refractivity contribution in [2.24, 2.45) is 5.92 Å². The Morgan fingerprint density at radius 2 is 1.85 bits per heavy atom. The molecule has 1 heterocycles. The van der Waals surface area contributed by atoms with E-state index in [1.165, 1.54) is 58.5 Å². The summed E-state index contributed by atoms with van der Waals surface area (Å²) in [6.45, 7) is 12.9. The van der Waals surface area contributed by atoms with E-state index in [1.807, 2.05) is 0 Å². The molecular formula is C16H33N3O. The SMILES string of the molecule is CCNC1(CO)CCCC1CCN1CCN(CC)CC1. The van der Waals surface area contributed by atoms with Gasteiger partial charge in [-0.1, -0.05) is 20.3 Å².